The number of nitrogens with two attached hydrogens (primary N) is 1. The van der Waals surface area contributed by atoms with E-state index in [1.165, 1.54) is 0 Å². The molecule has 0 bridgehead atoms. The minimum absolute atomic E-state index is 0.0653. The summed E-state index contributed by atoms with van der Waals surface area (Å²) in [7, 11) is 0. The molecule has 3 aromatic rings. The second-order valence-electron chi connectivity index (χ2n) is 6.40. The Bertz CT molecular complexity index is 938. The molecule has 3 N–H and O–H groups in total. The van der Waals surface area contributed by atoms with Crippen LogP contribution in [0, 0.1) is 0 Å². The number of rotatable bonds is 7. The molecule has 0 aliphatic heterocycles. The van der Waals surface area contributed by atoms with Crippen LogP contribution in [0.3, 0.4) is 0 Å². The summed E-state index contributed by atoms with van der Waals surface area (Å²) in [5.74, 6) is -0.296. The molecule has 5 heteroatoms. The van der Waals surface area contributed by atoms with E-state index in [4.69, 9.17) is 15.6 Å². The molecule has 1 heterocycles. The number of carboxylic acids is 1. The normalized spacial score (nSPS) is 11.8. The molecule has 138 valence electrons. The fraction of sp³-hybridized carbons (Fsp3) is 0.182. The number of carboxylic acid groups (broad SMARTS) is 1. The third-order valence-electron chi connectivity index (χ3n) is 4.17. The van der Waals surface area contributed by atoms with Crippen molar-refractivity contribution in [2.45, 2.75) is 26.0 Å². The number of aliphatic carboxylic acids is 1. The lowest BCUT2D eigenvalue weighted by atomic mass is 10.1. The van der Waals surface area contributed by atoms with Crippen molar-refractivity contribution in [3.05, 3.63) is 83.6 Å². The Labute approximate surface area is 158 Å². The van der Waals surface area contributed by atoms with E-state index in [-0.39, 0.29) is 12.5 Å². The maximum atomic E-state index is 11.0. The highest BCUT2D eigenvalue weighted by Gasteiger charge is 2.09. The summed E-state index contributed by atoms with van der Waals surface area (Å²) in [6, 6.07) is 20.8. The van der Waals surface area contributed by atoms with Crippen molar-refractivity contribution in [1.82, 2.24) is 4.98 Å². The summed E-state index contributed by atoms with van der Waals surface area (Å²) in [4.78, 5) is 15.6. The second kappa shape index (κ2) is 8.47. The van der Waals surface area contributed by atoms with E-state index in [1.54, 1.807) is 12.1 Å². The molecule has 0 radical (unpaired) electrons. The van der Waals surface area contributed by atoms with Gasteiger partial charge < -0.3 is 15.6 Å². The lowest BCUT2D eigenvalue weighted by Gasteiger charge is -2.12. The van der Waals surface area contributed by atoms with E-state index in [2.05, 4.69) is 4.98 Å². The number of nitrogens with zero attached hydrogens (tertiary/aromatic N) is 1. The lowest BCUT2D eigenvalue weighted by molar-refractivity contribution is -0.136. The van der Waals surface area contributed by atoms with E-state index in [0.717, 1.165) is 22.5 Å². The minimum Gasteiger partial charge on any atom is -0.489 e. The van der Waals surface area contributed by atoms with Crippen molar-refractivity contribution in [3.63, 3.8) is 0 Å². The minimum atomic E-state index is -0.881. The number of hydrogen-bond donors (Lipinski definition) is 2. The first-order valence-corrected chi connectivity index (χ1v) is 8.77. The Balaban J connectivity index is 1.77. The third kappa shape index (κ3) is 4.92. The quantitative estimate of drug-likeness (QED) is 0.664. The Morgan fingerprint density at radius 2 is 1.89 bits per heavy atom. The number of benzene rings is 2. The van der Waals surface area contributed by atoms with Crippen LogP contribution in [0.1, 0.15) is 29.8 Å². The van der Waals surface area contributed by atoms with Crippen LogP contribution in [0.4, 0.5) is 0 Å². The average molecular weight is 362 g/mol. The van der Waals surface area contributed by atoms with Crippen LogP contribution in [0.15, 0.2) is 66.7 Å². The van der Waals surface area contributed by atoms with Gasteiger partial charge in [-0.05, 0) is 36.8 Å². The largest absolute Gasteiger partial charge is 0.489 e. The summed E-state index contributed by atoms with van der Waals surface area (Å²) in [5, 5.41) is 9.03. The molecular weight excluding hydrogens is 340 g/mol. The molecular formula is C22H22N2O3. The fourth-order valence-electron chi connectivity index (χ4n) is 2.80. The van der Waals surface area contributed by atoms with Gasteiger partial charge in [0.05, 0.1) is 17.8 Å². The van der Waals surface area contributed by atoms with E-state index < -0.39 is 5.97 Å². The zero-order valence-corrected chi connectivity index (χ0v) is 15.1. The summed E-state index contributed by atoms with van der Waals surface area (Å²) in [6.07, 6.45) is -0.0653. The van der Waals surface area contributed by atoms with Crippen LogP contribution >= 0.6 is 0 Å². The van der Waals surface area contributed by atoms with Gasteiger partial charge in [-0.15, -0.1) is 0 Å². The van der Waals surface area contributed by atoms with E-state index in [1.807, 2.05) is 61.5 Å². The first-order chi connectivity index (χ1) is 13.0. The Kier molecular flexibility index (Phi) is 5.84. The monoisotopic (exact) mass is 362 g/mol. The number of hydrogen-bond acceptors (Lipinski definition) is 4. The number of para-hydroxylation sites is 1. The number of aromatic nitrogens is 1. The Morgan fingerprint density at radius 3 is 2.67 bits per heavy atom. The van der Waals surface area contributed by atoms with Crippen LogP contribution in [-0.4, -0.2) is 16.1 Å². The molecule has 0 spiro atoms. The highest BCUT2D eigenvalue weighted by Crippen LogP contribution is 2.23. The van der Waals surface area contributed by atoms with Crippen LogP contribution in [0.2, 0.25) is 0 Å². The molecule has 0 aliphatic rings. The fourth-order valence-corrected chi connectivity index (χ4v) is 2.80. The maximum Gasteiger partial charge on any atom is 0.307 e. The van der Waals surface area contributed by atoms with Gasteiger partial charge in [-0.25, -0.2) is 0 Å². The van der Waals surface area contributed by atoms with Crippen LogP contribution in [0.25, 0.3) is 11.3 Å². The van der Waals surface area contributed by atoms with Crippen molar-refractivity contribution in [1.29, 1.82) is 0 Å². The predicted molar refractivity (Wildman–Crippen MR) is 104 cm³/mol. The third-order valence-corrected chi connectivity index (χ3v) is 4.17. The topological polar surface area (TPSA) is 85.4 Å². The van der Waals surface area contributed by atoms with Crippen LogP contribution in [0.5, 0.6) is 5.75 Å². The molecule has 0 saturated heterocycles. The molecule has 0 fully saturated rings. The first kappa shape index (κ1) is 18.6. The van der Waals surface area contributed by atoms with Crippen molar-refractivity contribution in [3.8, 4) is 17.0 Å². The maximum absolute atomic E-state index is 11.0. The van der Waals surface area contributed by atoms with Gasteiger partial charge in [0.1, 0.15) is 12.4 Å². The van der Waals surface area contributed by atoms with Gasteiger partial charge in [-0.2, -0.15) is 0 Å². The zero-order chi connectivity index (χ0) is 19.2. The van der Waals surface area contributed by atoms with Crippen molar-refractivity contribution < 1.29 is 14.6 Å². The average Bonchev–Trinajstić information content (AvgIpc) is 2.67. The van der Waals surface area contributed by atoms with Gasteiger partial charge in [0.15, 0.2) is 0 Å². The van der Waals surface area contributed by atoms with E-state index >= 15 is 0 Å². The molecule has 3 rings (SSSR count). The summed E-state index contributed by atoms with van der Waals surface area (Å²) in [5.41, 5.74) is 10.3. The second-order valence-corrected chi connectivity index (χ2v) is 6.40. The van der Waals surface area contributed by atoms with Gasteiger partial charge in [0, 0.05) is 17.2 Å². The van der Waals surface area contributed by atoms with Crippen molar-refractivity contribution in [2.24, 2.45) is 5.73 Å². The van der Waals surface area contributed by atoms with Gasteiger partial charge in [0.25, 0.3) is 0 Å². The molecule has 0 saturated carbocycles. The Morgan fingerprint density at radius 1 is 1.11 bits per heavy atom. The van der Waals surface area contributed by atoms with Gasteiger partial charge in [-0.1, -0.05) is 42.5 Å². The molecule has 1 aromatic heterocycles. The summed E-state index contributed by atoms with van der Waals surface area (Å²) in [6.45, 7) is 2.25. The number of carbonyl (C=O) groups is 1. The molecule has 0 amide bonds. The lowest BCUT2D eigenvalue weighted by Crippen LogP contribution is -2.07. The first-order valence-electron chi connectivity index (χ1n) is 8.77. The van der Waals surface area contributed by atoms with Gasteiger partial charge in [0.2, 0.25) is 0 Å². The zero-order valence-electron chi connectivity index (χ0n) is 15.1. The molecule has 0 unspecified atom stereocenters. The molecule has 27 heavy (non-hydrogen) atoms. The van der Waals surface area contributed by atoms with Gasteiger partial charge >= 0.3 is 5.97 Å². The van der Waals surface area contributed by atoms with Crippen LogP contribution in [-0.2, 0) is 17.8 Å². The van der Waals surface area contributed by atoms with E-state index in [9.17, 15) is 4.79 Å². The summed E-state index contributed by atoms with van der Waals surface area (Å²) < 4.78 is 5.87. The smallest absolute Gasteiger partial charge is 0.307 e. The standard InChI is InChI=1S/C22H22N2O3/c1-15(23)19-9-5-10-20(24-19)17-8-4-6-16(12-17)14-27-21-11-3-2-7-18(21)13-22(25)26/h2-12,15H,13-14,23H2,1H3,(H,25,26)/t15-/m1/s1. The molecule has 2 aromatic carbocycles. The van der Waals surface area contributed by atoms with Crippen LogP contribution < -0.4 is 10.5 Å². The predicted octanol–water partition coefficient (Wildman–Crippen LogP) is 3.97. The highest BCUT2D eigenvalue weighted by molar-refractivity contribution is 5.71. The number of ether oxygens (including phenoxy) is 1. The highest BCUT2D eigenvalue weighted by atomic mass is 16.5. The summed E-state index contributed by atoms with van der Waals surface area (Å²) >= 11 is 0. The molecule has 0 aliphatic carbocycles. The van der Waals surface area contributed by atoms with E-state index in [0.29, 0.717) is 17.9 Å². The van der Waals surface area contributed by atoms with Crippen molar-refractivity contribution >= 4 is 5.97 Å². The Hall–Kier alpha value is -3.18. The molecule has 5 nitrogen and oxygen atoms in total. The number of pyridine rings is 1. The molecule has 1 atom stereocenters. The SMILES string of the molecule is C[C@@H](N)c1cccc(-c2cccc(COc3ccccc3CC(=O)O)c2)n1. The van der Waals surface area contributed by atoms with Crippen molar-refractivity contribution in [2.75, 3.05) is 0 Å². The van der Waals surface area contributed by atoms with Gasteiger partial charge in [-0.3, -0.25) is 9.78 Å².